The highest BCUT2D eigenvalue weighted by Crippen LogP contribution is 2.17. The number of carbonyl (C=O) groups is 2. The van der Waals surface area contributed by atoms with Crippen LogP contribution in [0.5, 0.6) is 0 Å². The number of ether oxygens (including phenoxy) is 1. The summed E-state index contributed by atoms with van der Waals surface area (Å²) in [6.07, 6.45) is 0.315. The number of nitriles is 2. The van der Waals surface area contributed by atoms with Crippen LogP contribution < -0.4 is 0 Å². The van der Waals surface area contributed by atoms with Gasteiger partial charge in [0.05, 0.1) is 30.5 Å². The molecule has 28 heavy (non-hydrogen) atoms. The first-order chi connectivity index (χ1) is 13.5. The Labute approximate surface area is 164 Å². The summed E-state index contributed by atoms with van der Waals surface area (Å²) in [6.45, 7) is 4.00. The highest BCUT2D eigenvalue weighted by Gasteiger charge is 2.16. The van der Waals surface area contributed by atoms with Crippen LogP contribution in [0.25, 0.3) is 5.69 Å². The fourth-order valence-electron chi connectivity index (χ4n) is 2.86. The first-order valence-corrected chi connectivity index (χ1v) is 8.92. The lowest BCUT2D eigenvalue weighted by Crippen LogP contribution is -2.36. The molecule has 0 radical (unpaired) electrons. The zero-order valence-corrected chi connectivity index (χ0v) is 16.0. The van der Waals surface area contributed by atoms with Crippen molar-refractivity contribution in [3.63, 3.8) is 0 Å². The fraction of sp³-hybridized carbons (Fsp3) is 0.333. The molecule has 0 unspecified atom stereocenters. The number of carbonyl (C=O) groups excluding carboxylic acids is 2. The molecule has 0 aliphatic carbocycles. The third-order valence-electron chi connectivity index (χ3n) is 4.30. The summed E-state index contributed by atoms with van der Waals surface area (Å²) in [5, 5.41) is 17.3. The SMILES string of the molecule is Cc1ccc(C)n1-c1ccc(C(=O)OCC(=O)N(CCC#N)CCC#N)cc1. The Morgan fingerprint density at radius 2 is 1.50 bits per heavy atom. The summed E-state index contributed by atoms with van der Waals surface area (Å²) < 4.78 is 7.18. The number of amides is 1. The van der Waals surface area contributed by atoms with E-state index >= 15 is 0 Å². The number of nitrogens with zero attached hydrogens (tertiary/aromatic N) is 4. The lowest BCUT2D eigenvalue weighted by atomic mass is 10.2. The molecule has 1 aromatic heterocycles. The minimum atomic E-state index is -0.596. The van der Waals surface area contributed by atoms with Gasteiger partial charge in [0, 0.05) is 30.2 Å². The van der Waals surface area contributed by atoms with Crippen molar-refractivity contribution in [2.75, 3.05) is 19.7 Å². The summed E-state index contributed by atoms with van der Waals surface area (Å²) in [5.41, 5.74) is 3.47. The zero-order valence-electron chi connectivity index (χ0n) is 16.0. The van der Waals surface area contributed by atoms with Crippen LogP contribution in [-0.4, -0.2) is 41.0 Å². The van der Waals surface area contributed by atoms with E-state index in [0.717, 1.165) is 17.1 Å². The van der Waals surface area contributed by atoms with Crippen molar-refractivity contribution >= 4 is 11.9 Å². The van der Waals surface area contributed by atoms with E-state index in [-0.39, 0.29) is 25.9 Å². The summed E-state index contributed by atoms with van der Waals surface area (Å²) in [5.74, 6) is -1.02. The first-order valence-electron chi connectivity index (χ1n) is 8.92. The Morgan fingerprint density at radius 1 is 0.964 bits per heavy atom. The number of esters is 1. The minimum Gasteiger partial charge on any atom is -0.452 e. The molecule has 1 heterocycles. The molecule has 0 aliphatic heterocycles. The van der Waals surface area contributed by atoms with Crippen molar-refractivity contribution in [2.24, 2.45) is 0 Å². The van der Waals surface area contributed by atoms with Crippen molar-refractivity contribution in [1.29, 1.82) is 10.5 Å². The van der Waals surface area contributed by atoms with Gasteiger partial charge >= 0.3 is 5.97 Å². The second kappa shape index (κ2) is 9.94. The van der Waals surface area contributed by atoms with Gasteiger partial charge in [-0.15, -0.1) is 0 Å². The van der Waals surface area contributed by atoms with Gasteiger partial charge in [0.2, 0.25) is 0 Å². The standard InChI is InChI=1S/C21H22N4O3/c1-16-5-6-17(2)25(16)19-9-7-18(8-10-19)21(27)28-15-20(26)24(13-3-11-22)14-4-12-23/h5-10H,3-4,13-15H2,1-2H3. The topological polar surface area (TPSA) is 99.1 Å². The van der Waals surface area contributed by atoms with E-state index in [9.17, 15) is 9.59 Å². The monoisotopic (exact) mass is 378 g/mol. The second-order valence-corrected chi connectivity index (χ2v) is 6.27. The van der Waals surface area contributed by atoms with E-state index in [2.05, 4.69) is 4.57 Å². The molecule has 7 heteroatoms. The van der Waals surface area contributed by atoms with E-state index in [4.69, 9.17) is 15.3 Å². The Bertz CT molecular complexity index is 879. The molecule has 144 valence electrons. The molecule has 0 atom stereocenters. The summed E-state index contributed by atoms with van der Waals surface area (Å²) in [7, 11) is 0. The lowest BCUT2D eigenvalue weighted by Gasteiger charge is -2.20. The van der Waals surface area contributed by atoms with Gasteiger partial charge in [-0.1, -0.05) is 0 Å². The van der Waals surface area contributed by atoms with Gasteiger partial charge in [-0.25, -0.2) is 4.79 Å². The number of rotatable bonds is 8. The predicted molar refractivity (Wildman–Crippen MR) is 103 cm³/mol. The molecule has 7 nitrogen and oxygen atoms in total. The molecule has 0 N–H and O–H groups in total. The van der Waals surface area contributed by atoms with Crippen LogP contribution in [0.2, 0.25) is 0 Å². The van der Waals surface area contributed by atoms with Crippen molar-refractivity contribution in [1.82, 2.24) is 9.47 Å². The van der Waals surface area contributed by atoms with Crippen molar-refractivity contribution in [3.8, 4) is 17.8 Å². The lowest BCUT2D eigenvalue weighted by molar-refractivity contribution is -0.134. The second-order valence-electron chi connectivity index (χ2n) is 6.27. The van der Waals surface area contributed by atoms with Gasteiger partial charge in [0.15, 0.2) is 6.61 Å². The van der Waals surface area contributed by atoms with Gasteiger partial charge in [0.25, 0.3) is 5.91 Å². The van der Waals surface area contributed by atoms with E-state index in [1.165, 1.54) is 4.90 Å². The van der Waals surface area contributed by atoms with Crippen LogP contribution in [0, 0.1) is 36.5 Å². The molecule has 0 aliphatic rings. The molecular formula is C21H22N4O3. The summed E-state index contributed by atoms with van der Waals surface area (Å²) in [6, 6.07) is 14.9. The van der Waals surface area contributed by atoms with E-state index in [0.29, 0.717) is 5.56 Å². The van der Waals surface area contributed by atoms with Crippen molar-refractivity contribution < 1.29 is 14.3 Å². The normalized spacial score (nSPS) is 10.0. The zero-order chi connectivity index (χ0) is 20.5. The Hall–Kier alpha value is -3.58. The highest BCUT2D eigenvalue weighted by atomic mass is 16.5. The average molecular weight is 378 g/mol. The number of benzene rings is 1. The quantitative estimate of drug-likeness (QED) is 0.658. The van der Waals surface area contributed by atoms with Crippen LogP contribution in [0.15, 0.2) is 36.4 Å². The maximum atomic E-state index is 12.2. The van der Waals surface area contributed by atoms with Crippen molar-refractivity contribution in [3.05, 3.63) is 53.3 Å². The highest BCUT2D eigenvalue weighted by molar-refractivity contribution is 5.91. The van der Waals surface area contributed by atoms with Gasteiger partial charge < -0.3 is 14.2 Å². The smallest absolute Gasteiger partial charge is 0.338 e. The Balaban J connectivity index is 1.98. The molecule has 0 saturated carbocycles. The van der Waals surface area contributed by atoms with Crippen molar-refractivity contribution in [2.45, 2.75) is 26.7 Å². The fourth-order valence-corrected chi connectivity index (χ4v) is 2.86. The van der Waals surface area contributed by atoms with Crippen LogP contribution >= 0.6 is 0 Å². The maximum Gasteiger partial charge on any atom is 0.338 e. The minimum absolute atomic E-state index is 0.158. The van der Waals surface area contributed by atoms with Crippen LogP contribution in [0.4, 0.5) is 0 Å². The largest absolute Gasteiger partial charge is 0.452 e. The van der Waals surface area contributed by atoms with E-state index in [1.54, 1.807) is 12.1 Å². The van der Waals surface area contributed by atoms with Crippen LogP contribution in [0.3, 0.4) is 0 Å². The van der Waals surface area contributed by atoms with Crippen LogP contribution in [-0.2, 0) is 9.53 Å². The number of hydrogen-bond acceptors (Lipinski definition) is 5. The molecule has 0 fully saturated rings. The Morgan fingerprint density at radius 3 is 2.00 bits per heavy atom. The van der Waals surface area contributed by atoms with Crippen LogP contribution in [0.1, 0.15) is 34.6 Å². The summed E-state index contributed by atoms with van der Waals surface area (Å²) >= 11 is 0. The molecule has 0 spiro atoms. The maximum absolute atomic E-state index is 12.2. The molecular weight excluding hydrogens is 356 g/mol. The molecule has 0 bridgehead atoms. The predicted octanol–water partition coefficient (Wildman–Crippen LogP) is 2.91. The third-order valence-corrected chi connectivity index (χ3v) is 4.30. The molecule has 0 saturated heterocycles. The van der Waals surface area contributed by atoms with Gasteiger partial charge in [-0.05, 0) is 50.2 Å². The third kappa shape index (κ3) is 5.21. The molecule has 1 aromatic carbocycles. The molecule has 1 amide bonds. The molecule has 2 rings (SSSR count). The molecule has 2 aromatic rings. The summed E-state index contributed by atoms with van der Waals surface area (Å²) in [4.78, 5) is 25.8. The Kier molecular flexibility index (Phi) is 7.36. The van der Waals surface area contributed by atoms with E-state index in [1.807, 2.05) is 50.3 Å². The van der Waals surface area contributed by atoms with E-state index < -0.39 is 18.5 Å². The number of aromatic nitrogens is 1. The average Bonchev–Trinajstić information content (AvgIpc) is 3.04. The van der Waals surface area contributed by atoms with Gasteiger partial charge in [-0.2, -0.15) is 10.5 Å². The number of aryl methyl sites for hydroxylation is 2. The van der Waals surface area contributed by atoms with Gasteiger partial charge in [-0.3, -0.25) is 4.79 Å². The first kappa shape index (κ1) is 20.7. The van der Waals surface area contributed by atoms with Gasteiger partial charge in [0.1, 0.15) is 0 Å². The number of hydrogen-bond donors (Lipinski definition) is 0.